The summed E-state index contributed by atoms with van der Waals surface area (Å²) in [5, 5.41) is 2.85. The monoisotopic (exact) mass is 337 g/mol. The van der Waals surface area contributed by atoms with Gasteiger partial charge in [0.2, 0.25) is 5.91 Å². The van der Waals surface area contributed by atoms with Gasteiger partial charge in [0.1, 0.15) is 6.04 Å². The summed E-state index contributed by atoms with van der Waals surface area (Å²) in [4.78, 5) is 31.5. The van der Waals surface area contributed by atoms with Crippen LogP contribution in [0.25, 0.3) is 11.3 Å². The standard InChI is InChI=1S/C20H23N3O2/c1-13(2)18-19(24)21-11-12-23(18)20(25)16-9-10-17(22-14(16)3)15-7-5-4-6-8-15/h4-10,13,18H,11-12H2,1-3H3,(H,21,24). The number of piperazine rings is 1. The summed E-state index contributed by atoms with van der Waals surface area (Å²) >= 11 is 0. The molecule has 0 saturated carbocycles. The van der Waals surface area contributed by atoms with Crippen LogP contribution in [-0.2, 0) is 4.79 Å². The van der Waals surface area contributed by atoms with Gasteiger partial charge >= 0.3 is 0 Å². The van der Waals surface area contributed by atoms with Crippen LogP contribution in [0, 0.1) is 12.8 Å². The molecule has 1 atom stereocenters. The number of benzene rings is 1. The molecule has 130 valence electrons. The highest BCUT2D eigenvalue weighted by molar-refractivity contribution is 5.99. The topological polar surface area (TPSA) is 62.3 Å². The van der Waals surface area contributed by atoms with Crippen LogP contribution in [0.3, 0.4) is 0 Å². The summed E-state index contributed by atoms with van der Waals surface area (Å²) in [7, 11) is 0. The van der Waals surface area contributed by atoms with Crippen LogP contribution >= 0.6 is 0 Å². The first-order chi connectivity index (χ1) is 12.0. The number of aromatic nitrogens is 1. The summed E-state index contributed by atoms with van der Waals surface area (Å²) in [6.07, 6.45) is 0. The van der Waals surface area contributed by atoms with Crippen molar-refractivity contribution in [2.45, 2.75) is 26.8 Å². The van der Waals surface area contributed by atoms with Crippen molar-refractivity contribution in [3.8, 4) is 11.3 Å². The van der Waals surface area contributed by atoms with Crippen molar-refractivity contribution in [2.75, 3.05) is 13.1 Å². The van der Waals surface area contributed by atoms with Crippen LogP contribution in [0.15, 0.2) is 42.5 Å². The molecule has 2 amide bonds. The molecule has 0 aliphatic carbocycles. The predicted molar refractivity (Wildman–Crippen MR) is 97.1 cm³/mol. The summed E-state index contributed by atoms with van der Waals surface area (Å²) in [5.74, 6) is -0.152. The molecule has 3 rings (SSSR count). The van der Waals surface area contributed by atoms with E-state index in [1.165, 1.54) is 0 Å². The lowest BCUT2D eigenvalue weighted by atomic mass is 9.98. The largest absolute Gasteiger partial charge is 0.353 e. The van der Waals surface area contributed by atoms with Gasteiger partial charge in [0, 0.05) is 18.7 Å². The minimum absolute atomic E-state index is 0.0566. The molecule has 1 N–H and O–H groups in total. The molecule has 2 aromatic rings. The number of amides is 2. The second-order valence-electron chi connectivity index (χ2n) is 6.67. The number of aryl methyl sites for hydroxylation is 1. The smallest absolute Gasteiger partial charge is 0.256 e. The zero-order valence-corrected chi connectivity index (χ0v) is 14.8. The SMILES string of the molecule is Cc1nc(-c2ccccc2)ccc1C(=O)N1CCNC(=O)C1C(C)C. The summed E-state index contributed by atoms with van der Waals surface area (Å²) in [6.45, 7) is 6.77. The van der Waals surface area contributed by atoms with Crippen molar-refractivity contribution >= 4 is 11.8 Å². The quantitative estimate of drug-likeness (QED) is 0.936. The Bertz CT molecular complexity index is 787. The van der Waals surface area contributed by atoms with Crippen LogP contribution < -0.4 is 5.32 Å². The van der Waals surface area contributed by atoms with Gasteiger partial charge in [-0.25, -0.2) is 0 Å². The minimum atomic E-state index is -0.436. The lowest BCUT2D eigenvalue weighted by molar-refractivity contribution is -0.129. The molecule has 1 aromatic heterocycles. The Morgan fingerprint density at radius 3 is 2.56 bits per heavy atom. The minimum Gasteiger partial charge on any atom is -0.353 e. The fraction of sp³-hybridized carbons (Fsp3) is 0.350. The molecule has 2 heterocycles. The average molecular weight is 337 g/mol. The molecule has 5 heteroatoms. The molecule has 1 unspecified atom stereocenters. The lowest BCUT2D eigenvalue weighted by Gasteiger charge is -2.37. The molecule has 0 radical (unpaired) electrons. The molecule has 1 aliphatic heterocycles. The van der Waals surface area contributed by atoms with E-state index in [0.717, 1.165) is 11.3 Å². The van der Waals surface area contributed by atoms with Crippen molar-refractivity contribution in [2.24, 2.45) is 5.92 Å². The van der Waals surface area contributed by atoms with Crippen LogP contribution in [-0.4, -0.2) is 40.8 Å². The number of carbonyl (C=O) groups is 2. The van der Waals surface area contributed by atoms with Gasteiger partial charge < -0.3 is 10.2 Å². The number of nitrogens with one attached hydrogen (secondary N) is 1. The highest BCUT2D eigenvalue weighted by Crippen LogP contribution is 2.22. The van der Waals surface area contributed by atoms with Gasteiger partial charge in [-0.2, -0.15) is 0 Å². The van der Waals surface area contributed by atoms with Gasteiger partial charge in [-0.05, 0) is 25.0 Å². The first-order valence-electron chi connectivity index (χ1n) is 8.61. The van der Waals surface area contributed by atoms with Crippen LogP contribution in [0.1, 0.15) is 29.9 Å². The third-order valence-electron chi connectivity index (χ3n) is 4.53. The van der Waals surface area contributed by atoms with Crippen LogP contribution in [0.4, 0.5) is 0 Å². The second-order valence-corrected chi connectivity index (χ2v) is 6.67. The maximum Gasteiger partial charge on any atom is 0.256 e. The molecule has 0 bridgehead atoms. The predicted octanol–water partition coefficient (Wildman–Crippen LogP) is 2.65. The van der Waals surface area contributed by atoms with Gasteiger partial charge in [-0.1, -0.05) is 44.2 Å². The van der Waals surface area contributed by atoms with E-state index >= 15 is 0 Å². The Morgan fingerprint density at radius 1 is 1.20 bits per heavy atom. The van der Waals surface area contributed by atoms with Crippen molar-refractivity contribution in [3.05, 3.63) is 53.7 Å². The van der Waals surface area contributed by atoms with E-state index in [1.54, 1.807) is 4.90 Å². The van der Waals surface area contributed by atoms with E-state index in [4.69, 9.17) is 0 Å². The third-order valence-corrected chi connectivity index (χ3v) is 4.53. The molecule has 1 aliphatic rings. The summed E-state index contributed by atoms with van der Waals surface area (Å²) in [6, 6.07) is 13.1. The van der Waals surface area contributed by atoms with Crippen molar-refractivity contribution < 1.29 is 9.59 Å². The van der Waals surface area contributed by atoms with E-state index in [2.05, 4.69) is 10.3 Å². The van der Waals surface area contributed by atoms with Crippen molar-refractivity contribution in [3.63, 3.8) is 0 Å². The van der Waals surface area contributed by atoms with E-state index in [0.29, 0.717) is 24.3 Å². The van der Waals surface area contributed by atoms with Gasteiger partial charge in [-0.3, -0.25) is 14.6 Å². The molecule has 1 aromatic carbocycles. The maximum atomic E-state index is 13.0. The molecule has 5 nitrogen and oxygen atoms in total. The Kier molecular flexibility index (Phi) is 4.83. The average Bonchev–Trinajstić information content (AvgIpc) is 2.61. The summed E-state index contributed by atoms with van der Waals surface area (Å²) in [5.41, 5.74) is 3.09. The van der Waals surface area contributed by atoms with Gasteiger partial charge in [0.15, 0.2) is 0 Å². The fourth-order valence-corrected chi connectivity index (χ4v) is 3.29. The zero-order valence-electron chi connectivity index (χ0n) is 14.8. The van der Waals surface area contributed by atoms with Gasteiger partial charge in [0.25, 0.3) is 5.91 Å². The van der Waals surface area contributed by atoms with Crippen LogP contribution in [0.5, 0.6) is 0 Å². The normalized spacial score (nSPS) is 17.5. The van der Waals surface area contributed by atoms with Gasteiger partial charge in [-0.15, -0.1) is 0 Å². The molecule has 1 fully saturated rings. The highest BCUT2D eigenvalue weighted by Gasteiger charge is 2.36. The summed E-state index contributed by atoms with van der Waals surface area (Å²) < 4.78 is 0. The highest BCUT2D eigenvalue weighted by atomic mass is 16.2. The number of rotatable bonds is 3. The number of hydrogen-bond acceptors (Lipinski definition) is 3. The number of carbonyl (C=O) groups excluding carboxylic acids is 2. The molecule has 25 heavy (non-hydrogen) atoms. The van der Waals surface area contributed by atoms with Crippen molar-refractivity contribution in [1.82, 2.24) is 15.2 Å². The third kappa shape index (κ3) is 3.40. The van der Waals surface area contributed by atoms with Crippen LogP contribution in [0.2, 0.25) is 0 Å². The Hall–Kier alpha value is -2.69. The Morgan fingerprint density at radius 2 is 1.92 bits per heavy atom. The van der Waals surface area contributed by atoms with E-state index in [-0.39, 0.29) is 17.7 Å². The van der Waals surface area contributed by atoms with Crippen molar-refractivity contribution in [1.29, 1.82) is 0 Å². The maximum absolute atomic E-state index is 13.0. The number of nitrogens with zero attached hydrogens (tertiary/aromatic N) is 2. The molecule has 0 spiro atoms. The Labute approximate surface area is 148 Å². The lowest BCUT2D eigenvalue weighted by Crippen LogP contribution is -2.59. The second kappa shape index (κ2) is 7.05. The first-order valence-corrected chi connectivity index (χ1v) is 8.61. The zero-order chi connectivity index (χ0) is 18.0. The van der Waals surface area contributed by atoms with E-state index in [1.807, 2.05) is 63.2 Å². The van der Waals surface area contributed by atoms with E-state index < -0.39 is 6.04 Å². The molecular weight excluding hydrogens is 314 g/mol. The first kappa shape index (κ1) is 17.1. The molecular formula is C20H23N3O2. The van der Waals surface area contributed by atoms with E-state index in [9.17, 15) is 9.59 Å². The number of pyridine rings is 1. The van der Waals surface area contributed by atoms with Gasteiger partial charge in [0.05, 0.1) is 17.0 Å². The fourth-order valence-electron chi connectivity index (χ4n) is 3.29. The Balaban J connectivity index is 1.91. The molecule has 1 saturated heterocycles. The number of hydrogen-bond donors (Lipinski definition) is 1.